The molecule has 1 rings (SSSR count). The molecule has 1 aromatic rings. The van der Waals surface area contributed by atoms with Crippen molar-refractivity contribution in [3.8, 4) is 0 Å². The van der Waals surface area contributed by atoms with Crippen molar-refractivity contribution in [1.82, 2.24) is 9.97 Å². The Labute approximate surface area is 120 Å². The molecule has 0 unspecified atom stereocenters. The fourth-order valence-electron chi connectivity index (χ4n) is 1.69. The van der Waals surface area contributed by atoms with Crippen LogP contribution in [0.2, 0.25) is 5.15 Å². The van der Waals surface area contributed by atoms with Crippen molar-refractivity contribution in [2.75, 3.05) is 25.6 Å². The lowest BCUT2D eigenvalue weighted by atomic mass is 9.90. The van der Waals surface area contributed by atoms with Gasteiger partial charge in [0.15, 0.2) is 0 Å². The average Bonchev–Trinajstić information content (AvgIpc) is 2.34. The summed E-state index contributed by atoms with van der Waals surface area (Å²) in [4.78, 5) is 8.68. The third kappa shape index (κ3) is 6.21. The normalized spacial score (nSPS) is 11.6. The van der Waals surface area contributed by atoms with Crippen molar-refractivity contribution >= 4 is 17.4 Å². The number of rotatable bonds is 8. The maximum atomic E-state index is 6.01. The monoisotopic (exact) mass is 285 g/mol. The number of methoxy groups -OCH3 is 1. The summed E-state index contributed by atoms with van der Waals surface area (Å²) in [6, 6.07) is 1.77. The van der Waals surface area contributed by atoms with Gasteiger partial charge in [-0.3, -0.25) is 0 Å². The molecule has 0 bridgehead atoms. The van der Waals surface area contributed by atoms with Gasteiger partial charge in [0.05, 0.1) is 0 Å². The summed E-state index contributed by atoms with van der Waals surface area (Å²) in [5.74, 6) is 1.60. The minimum Gasteiger partial charge on any atom is -0.385 e. The zero-order valence-electron chi connectivity index (χ0n) is 12.3. The summed E-state index contributed by atoms with van der Waals surface area (Å²) in [6.45, 7) is 8.10. The van der Waals surface area contributed by atoms with Crippen molar-refractivity contribution in [3.63, 3.8) is 0 Å². The van der Waals surface area contributed by atoms with E-state index < -0.39 is 0 Å². The number of aromatic nitrogens is 2. The molecule has 0 saturated carbocycles. The van der Waals surface area contributed by atoms with Gasteiger partial charge < -0.3 is 10.1 Å². The van der Waals surface area contributed by atoms with Crippen molar-refractivity contribution in [2.24, 2.45) is 5.41 Å². The Morgan fingerprint density at radius 3 is 2.74 bits per heavy atom. The second-order valence-corrected chi connectivity index (χ2v) is 5.89. The van der Waals surface area contributed by atoms with Crippen LogP contribution in [0, 0.1) is 5.41 Å². The first-order valence-electron chi connectivity index (χ1n) is 6.73. The number of nitrogens with one attached hydrogen (secondary N) is 1. The van der Waals surface area contributed by atoms with Crippen LogP contribution in [-0.2, 0) is 11.2 Å². The minimum atomic E-state index is 0.151. The predicted octanol–water partition coefficient (Wildman–Crippen LogP) is 3.56. The SMILES string of the molecule is CCCc1nc(Cl)cc(NCC(C)(C)CCOC)n1. The van der Waals surface area contributed by atoms with Crippen LogP contribution in [0.5, 0.6) is 0 Å². The lowest BCUT2D eigenvalue weighted by molar-refractivity contribution is 0.157. The highest BCUT2D eigenvalue weighted by atomic mass is 35.5. The first kappa shape index (κ1) is 16.2. The smallest absolute Gasteiger partial charge is 0.134 e. The highest BCUT2D eigenvalue weighted by Crippen LogP contribution is 2.21. The Hall–Kier alpha value is -0.870. The van der Waals surface area contributed by atoms with Crippen LogP contribution in [0.15, 0.2) is 6.07 Å². The van der Waals surface area contributed by atoms with Crippen LogP contribution in [0.4, 0.5) is 5.82 Å². The summed E-state index contributed by atoms with van der Waals surface area (Å²) < 4.78 is 5.13. The Balaban J connectivity index is 2.61. The van der Waals surface area contributed by atoms with E-state index in [0.717, 1.165) is 44.1 Å². The van der Waals surface area contributed by atoms with E-state index in [2.05, 4.69) is 36.1 Å². The molecule has 0 atom stereocenters. The standard InChI is InChI=1S/C14H24ClN3O/c1-5-6-12-17-11(15)9-13(18-12)16-10-14(2,3)7-8-19-4/h9H,5-8,10H2,1-4H3,(H,16,17,18). The fourth-order valence-corrected chi connectivity index (χ4v) is 1.89. The van der Waals surface area contributed by atoms with Crippen LogP contribution in [-0.4, -0.2) is 30.2 Å². The largest absolute Gasteiger partial charge is 0.385 e. The lowest BCUT2D eigenvalue weighted by Crippen LogP contribution is -2.25. The summed E-state index contributed by atoms with van der Waals surface area (Å²) in [6.07, 6.45) is 2.86. The van der Waals surface area contributed by atoms with Crippen LogP contribution in [0.25, 0.3) is 0 Å². The molecule has 0 amide bonds. The van der Waals surface area contributed by atoms with Gasteiger partial charge in [0.2, 0.25) is 0 Å². The maximum absolute atomic E-state index is 6.01. The molecular formula is C14H24ClN3O. The molecule has 108 valence electrons. The van der Waals surface area contributed by atoms with Gasteiger partial charge >= 0.3 is 0 Å². The van der Waals surface area contributed by atoms with Gasteiger partial charge in [-0.05, 0) is 18.3 Å². The van der Waals surface area contributed by atoms with Gasteiger partial charge in [-0.25, -0.2) is 9.97 Å². The van der Waals surface area contributed by atoms with Gasteiger partial charge in [0, 0.05) is 32.7 Å². The first-order chi connectivity index (χ1) is 8.96. The Kier molecular flexibility index (Phi) is 6.52. The molecule has 19 heavy (non-hydrogen) atoms. The molecule has 0 saturated heterocycles. The Morgan fingerprint density at radius 1 is 1.37 bits per heavy atom. The molecule has 0 aliphatic heterocycles. The van der Waals surface area contributed by atoms with Crippen molar-refractivity contribution < 1.29 is 4.74 Å². The Morgan fingerprint density at radius 2 is 2.11 bits per heavy atom. The first-order valence-corrected chi connectivity index (χ1v) is 7.11. The molecule has 0 aliphatic carbocycles. The van der Waals surface area contributed by atoms with E-state index in [4.69, 9.17) is 16.3 Å². The fraction of sp³-hybridized carbons (Fsp3) is 0.714. The zero-order chi connectivity index (χ0) is 14.3. The zero-order valence-corrected chi connectivity index (χ0v) is 13.0. The third-order valence-electron chi connectivity index (χ3n) is 2.95. The number of ether oxygens (including phenoxy) is 1. The number of nitrogens with zero attached hydrogens (tertiary/aromatic N) is 2. The van der Waals surface area contributed by atoms with Gasteiger partial charge in [-0.2, -0.15) is 0 Å². The van der Waals surface area contributed by atoms with E-state index in [-0.39, 0.29) is 5.41 Å². The number of halogens is 1. The van der Waals surface area contributed by atoms with E-state index in [9.17, 15) is 0 Å². The number of aryl methyl sites for hydroxylation is 1. The topological polar surface area (TPSA) is 47.0 Å². The van der Waals surface area contributed by atoms with Gasteiger partial charge in [-0.1, -0.05) is 32.4 Å². The second kappa shape index (κ2) is 7.65. The number of hydrogen-bond acceptors (Lipinski definition) is 4. The lowest BCUT2D eigenvalue weighted by Gasteiger charge is -2.25. The van der Waals surface area contributed by atoms with Gasteiger partial charge in [0.1, 0.15) is 16.8 Å². The van der Waals surface area contributed by atoms with Gasteiger partial charge in [0.25, 0.3) is 0 Å². The highest BCUT2D eigenvalue weighted by molar-refractivity contribution is 6.29. The second-order valence-electron chi connectivity index (χ2n) is 5.50. The third-order valence-corrected chi connectivity index (χ3v) is 3.14. The molecule has 5 heteroatoms. The number of hydrogen-bond donors (Lipinski definition) is 1. The van der Waals surface area contributed by atoms with Crippen LogP contribution >= 0.6 is 11.6 Å². The van der Waals surface area contributed by atoms with E-state index in [1.165, 1.54) is 0 Å². The summed E-state index contributed by atoms with van der Waals surface area (Å²) >= 11 is 6.01. The quantitative estimate of drug-likeness (QED) is 0.742. The Bertz CT molecular complexity index is 396. The average molecular weight is 286 g/mol. The maximum Gasteiger partial charge on any atom is 0.134 e. The van der Waals surface area contributed by atoms with E-state index in [1.54, 1.807) is 13.2 Å². The highest BCUT2D eigenvalue weighted by Gasteiger charge is 2.17. The summed E-state index contributed by atoms with van der Waals surface area (Å²) in [5.41, 5.74) is 0.151. The van der Waals surface area contributed by atoms with Gasteiger partial charge in [-0.15, -0.1) is 0 Å². The molecule has 0 aromatic carbocycles. The number of anilines is 1. The molecule has 1 aromatic heterocycles. The van der Waals surface area contributed by atoms with E-state index in [0.29, 0.717) is 5.15 Å². The predicted molar refractivity (Wildman–Crippen MR) is 79.8 cm³/mol. The summed E-state index contributed by atoms with van der Waals surface area (Å²) in [7, 11) is 1.73. The van der Waals surface area contributed by atoms with Crippen LogP contribution < -0.4 is 5.32 Å². The van der Waals surface area contributed by atoms with Crippen LogP contribution in [0.1, 0.15) is 39.4 Å². The molecule has 0 aliphatic rings. The summed E-state index contributed by atoms with van der Waals surface area (Å²) in [5, 5.41) is 3.84. The molecule has 1 heterocycles. The van der Waals surface area contributed by atoms with Crippen molar-refractivity contribution in [1.29, 1.82) is 0 Å². The van der Waals surface area contributed by atoms with Crippen molar-refractivity contribution in [3.05, 3.63) is 17.0 Å². The minimum absolute atomic E-state index is 0.151. The molecule has 0 radical (unpaired) electrons. The van der Waals surface area contributed by atoms with E-state index >= 15 is 0 Å². The van der Waals surface area contributed by atoms with Crippen molar-refractivity contribution in [2.45, 2.75) is 40.0 Å². The molecule has 0 fully saturated rings. The van der Waals surface area contributed by atoms with E-state index in [1.807, 2.05) is 0 Å². The molecule has 0 spiro atoms. The molecular weight excluding hydrogens is 262 g/mol. The molecule has 1 N–H and O–H groups in total. The molecule has 4 nitrogen and oxygen atoms in total. The van der Waals surface area contributed by atoms with Crippen LogP contribution in [0.3, 0.4) is 0 Å².